The molecule has 3 heterocycles. The minimum absolute atomic E-state index is 0.0682. The Kier molecular flexibility index (Phi) is 7.29. The third-order valence-corrected chi connectivity index (χ3v) is 6.79. The molecule has 3 fully saturated rings. The average molecular weight is 410 g/mol. The molecule has 0 amide bonds. The van der Waals surface area contributed by atoms with Crippen molar-refractivity contribution in [1.82, 2.24) is 14.7 Å². The minimum Gasteiger partial charge on any atom is -0.481 e. The summed E-state index contributed by atoms with van der Waals surface area (Å²) in [6.07, 6.45) is 4.32. The van der Waals surface area contributed by atoms with Crippen molar-refractivity contribution in [2.24, 2.45) is 5.41 Å². The largest absolute Gasteiger partial charge is 0.481 e. The lowest BCUT2D eigenvalue weighted by Gasteiger charge is -2.33. The van der Waals surface area contributed by atoms with Crippen molar-refractivity contribution in [2.75, 3.05) is 45.8 Å². The van der Waals surface area contributed by atoms with Crippen LogP contribution < -0.4 is 0 Å². The molecule has 0 aliphatic carbocycles. The smallest absolute Gasteiger partial charge is 0.304 e. The molecule has 3 aliphatic heterocycles. The molecule has 2 N–H and O–H groups in total. The number of nitrogens with zero attached hydrogens (tertiary/aromatic N) is 3. The molecule has 0 aromatic rings. The van der Waals surface area contributed by atoms with E-state index in [2.05, 4.69) is 21.6 Å². The van der Waals surface area contributed by atoms with Gasteiger partial charge >= 0.3 is 11.9 Å². The highest BCUT2D eigenvalue weighted by molar-refractivity contribution is 5.79. The summed E-state index contributed by atoms with van der Waals surface area (Å²) in [6.45, 7) is 8.23. The number of carbonyl (C=O) groups excluding carboxylic acids is 1. The predicted octanol–water partition coefficient (Wildman–Crippen LogP) is 1.15. The van der Waals surface area contributed by atoms with Crippen LogP contribution in [0.5, 0.6) is 0 Å². The summed E-state index contributed by atoms with van der Waals surface area (Å²) in [5.41, 5.74) is -0.0682. The van der Waals surface area contributed by atoms with Gasteiger partial charge in [0.25, 0.3) is 0 Å². The molecule has 4 atom stereocenters. The molecule has 164 valence electrons. The van der Waals surface area contributed by atoms with E-state index in [0.717, 1.165) is 52.0 Å². The maximum absolute atomic E-state index is 12.7. The molecule has 0 bridgehead atoms. The molecular weight excluding hydrogens is 374 g/mol. The molecule has 0 aromatic carbocycles. The van der Waals surface area contributed by atoms with E-state index in [1.165, 1.54) is 0 Å². The van der Waals surface area contributed by atoms with E-state index < -0.39 is 11.9 Å². The van der Waals surface area contributed by atoms with Crippen LogP contribution in [0.3, 0.4) is 0 Å². The van der Waals surface area contributed by atoms with E-state index in [0.29, 0.717) is 43.8 Å². The van der Waals surface area contributed by atoms with Crippen LogP contribution in [0.4, 0.5) is 0 Å². The van der Waals surface area contributed by atoms with Crippen molar-refractivity contribution in [3.05, 3.63) is 0 Å². The summed E-state index contributed by atoms with van der Waals surface area (Å²) < 4.78 is 0. The molecule has 0 spiro atoms. The number of hydrogen-bond donors (Lipinski definition) is 2. The number of carbonyl (C=O) groups is 3. The Morgan fingerprint density at radius 3 is 1.79 bits per heavy atom. The molecule has 4 unspecified atom stereocenters. The monoisotopic (exact) mass is 409 g/mol. The molecule has 3 aliphatic rings. The summed E-state index contributed by atoms with van der Waals surface area (Å²) in [5, 5.41) is 17.8. The third kappa shape index (κ3) is 7.35. The second-order valence-corrected chi connectivity index (χ2v) is 9.15. The summed E-state index contributed by atoms with van der Waals surface area (Å²) in [4.78, 5) is 41.1. The Bertz CT molecular complexity index is 587. The van der Waals surface area contributed by atoms with Gasteiger partial charge in [-0.3, -0.25) is 24.2 Å². The molecular formula is C21H35N3O5. The number of ketones is 1. The third-order valence-electron chi connectivity index (χ3n) is 6.79. The van der Waals surface area contributed by atoms with Gasteiger partial charge in [0.05, 0.1) is 12.8 Å². The first-order valence-corrected chi connectivity index (χ1v) is 11.0. The SMILES string of the molecule is CCC(CC(=O)CCN1CC1)(CC1CN1CCC(=O)O)CC1CN1CCC(=O)O. The molecule has 0 saturated carbocycles. The average Bonchev–Trinajstić information content (AvgIpc) is 3.53. The van der Waals surface area contributed by atoms with Crippen molar-refractivity contribution in [3.8, 4) is 0 Å². The molecule has 0 aromatic heterocycles. The molecule has 8 heteroatoms. The molecule has 3 saturated heterocycles. The summed E-state index contributed by atoms with van der Waals surface area (Å²) in [7, 11) is 0. The number of aliphatic carboxylic acids is 2. The van der Waals surface area contributed by atoms with Crippen LogP contribution in [0.25, 0.3) is 0 Å². The first-order chi connectivity index (χ1) is 13.8. The lowest BCUT2D eigenvalue weighted by molar-refractivity contribution is -0.138. The number of rotatable bonds is 16. The van der Waals surface area contributed by atoms with Crippen LogP contribution in [0.1, 0.15) is 51.9 Å². The molecule has 8 nitrogen and oxygen atoms in total. The normalized spacial score (nSPS) is 29.8. The lowest BCUT2D eigenvalue weighted by Crippen LogP contribution is -2.30. The van der Waals surface area contributed by atoms with Gasteiger partial charge in [0.1, 0.15) is 5.78 Å². The number of carboxylic acids is 2. The van der Waals surface area contributed by atoms with Gasteiger partial charge in [0.2, 0.25) is 0 Å². The highest BCUT2D eigenvalue weighted by atomic mass is 16.4. The van der Waals surface area contributed by atoms with E-state index in [4.69, 9.17) is 10.2 Å². The van der Waals surface area contributed by atoms with Gasteiger partial charge in [-0.15, -0.1) is 0 Å². The highest BCUT2D eigenvalue weighted by Gasteiger charge is 2.46. The van der Waals surface area contributed by atoms with Gasteiger partial charge < -0.3 is 15.1 Å². The number of Topliss-reactive ketones (excluding diaryl/α,β-unsaturated/α-hetero) is 1. The summed E-state index contributed by atoms with van der Waals surface area (Å²) in [6, 6.07) is 0.751. The van der Waals surface area contributed by atoms with Crippen LogP contribution in [0, 0.1) is 5.41 Å². The van der Waals surface area contributed by atoms with Crippen molar-refractivity contribution >= 4 is 17.7 Å². The first kappa shape index (κ1) is 22.2. The fourth-order valence-electron chi connectivity index (χ4n) is 4.59. The zero-order valence-corrected chi connectivity index (χ0v) is 17.5. The molecule has 3 rings (SSSR count). The topological polar surface area (TPSA) is 101 Å². The Morgan fingerprint density at radius 1 is 0.862 bits per heavy atom. The summed E-state index contributed by atoms with van der Waals surface area (Å²) in [5.74, 6) is -1.21. The van der Waals surface area contributed by atoms with Gasteiger partial charge in [-0.2, -0.15) is 0 Å². The maximum Gasteiger partial charge on any atom is 0.304 e. The second-order valence-electron chi connectivity index (χ2n) is 9.15. The number of carboxylic acid groups (broad SMARTS) is 2. The Labute approximate surface area is 172 Å². The van der Waals surface area contributed by atoms with Crippen molar-refractivity contribution in [3.63, 3.8) is 0 Å². The highest BCUT2D eigenvalue weighted by Crippen LogP contribution is 2.45. The molecule has 0 radical (unpaired) electrons. The van der Waals surface area contributed by atoms with E-state index in [1.54, 1.807) is 0 Å². The fourth-order valence-corrected chi connectivity index (χ4v) is 4.59. The fraction of sp³-hybridized carbons (Fsp3) is 0.857. The zero-order chi connectivity index (χ0) is 21.0. The van der Waals surface area contributed by atoms with E-state index in [1.807, 2.05) is 0 Å². The quantitative estimate of drug-likeness (QED) is 0.366. The van der Waals surface area contributed by atoms with Crippen LogP contribution >= 0.6 is 0 Å². The minimum atomic E-state index is -0.769. The van der Waals surface area contributed by atoms with Crippen molar-refractivity contribution in [1.29, 1.82) is 0 Å². The zero-order valence-electron chi connectivity index (χ0n) is 17.5. The number of hydrogen-bond acceptors (Lipinski definition) is 6. The van der Waals surface area contributed by atoms with Gasteiger partial charge in [0, 0.05) is 70.7 Å². The van der Waals surface area contributed by atoms with Crippen molar-refractivity contribution in [2.45, 2.75) is 64.0 Å². The maximum atomic E-state index is 12.7. The Morgan fingerprint density at radius 2 is 1.38 bits per heavy atom. The van der Waals surface area contributed by atoms with Gasteiger partial charge in [-0.05, 0) is 24.7 Å². The van der Waals surface area contributed by atoms with E-state index >= 15 is 0 Å². The van der Waals surface area contributed by atoms with E-state index in [-0.39, 0.29) is 18.3 Å². The van der Waals surface area contributed by atoms with Crippen LogP contribution in [0.2, 0.25) is 0 Å². The molecule has 29 heavy (non-hydrogen) atoms. The standard InChI is InChI=1S/C21H35N3O5/c1-2-21(13-18(25)3-6-22-9-10-22,11-16-14-23(16)7-4-19(26)27)12-17-15-24(17)8-5-20(28)29/h16-17H,2-15H2,1H3,(H,26,27)(H,28,29). The van der Waals surface area contributed by atoms with Gasteiger partial charge in [0.15, 0.2) is 0 Å². The first-order valence-electron chi connectivity index (χ1n) is 11.0. The van der Waals surface area contributed by atoms with Crippen LogP contribution in [0.15, 0.2) is 0 Å². The lowest BCUT2D eigenvalue weighted by atomic mass is 9.72. The van der Waals surface area contributed by atoms with Crippen molar-refractivity contribution < 1.29 is 24.6 Å². The Hall–Kier alpha value is -1.51. The predicted molar refractivity (Wildman–Crippen MR) is 108 cm³/mol. The summed E-state index contributed by atoms with van der Waals surface area (Å²) >= 11 is 0. The van der Waals surface area contributed by atoms with Gasteiger partial charge in [-0.25, -0.2) is 0 Å². The second kappa shape index (κ2) is 9.53. The van der Waals surface area contributed by atoms with Crippen LogP contribution in [-0.4, -0.2) is 101 Å². The van der Waals surface area contributed by atoms with Gasteiger partial charge in [-0.1, -0.05) is 6.92 Å². The van der Waals surface area contributed by atoms with E-state index in [9.17, 15) is 14.4 Å². The van der Waals surface area contributed by atoms with Crippen LogP contribution in [-0.2, 0) is 14.4 Å². The Balaban J connectivity index is 1.54.